The summed E-state index contributed by atoms with van der Waals surface area (Å²) >= 11 is 1.16. The molecule has 0 spiro atoms. The molecule has 3 aliphatic rings. The number of thiazole rings is 1. The van der Waals surface area contributed by atoms with Crippen LogP contribution in [0, 0.1) is 23.1 Å². The summed E-state index contributed by atoms with van der Waals surface area (Å²) in [6.45, 7) is 3.90. The second-order valence-corrected chi connectivity index (χ2v) is 12.0. The third-order valence-corrected chi connectivity index (χ3v) is 9.54. The molecule has 1 aliphatic carbocycles. The van der Waals surface area contributed by atoms with E-state index in [-0.39, 0.29) is 28.7 Å². The van der Waals surface area contributed by atoms with Crippen LogP contribution in [0.4, 0.5) is 4.39 Å². The van der Waals surface area contributed by atoms with Gasteiger partial charge in [0.1, 0.15) is 23.1 Å². The summed E-state index contributed by atoms with van der Waals surface area (Å²) in [6.07, 6.45) is 3.11. The minimum Gasteiger partial charge on any atom is -0.476 e. The number of aromatic nitrogens is 4. The van der Waals surface area contributed by atoms with Crippen LogP contribution in [0.15, 0.2) is 36.4 Å². The number of hydrogen-bond donors (Lipinski definition) is 1. The molecule has 1 N–H and O–H groups in total. The number of nitrogens with zero attached hydrogens (tertiary/aromatic N) is 6. The number of carboxylic acids is 1. The largest absolute Gasteiger partial charge is 0.476 e. The van der Waals surface area contributed by atoms with E-state index in [1.165, 1.54) is 6.07 Å². The number of rotatable bonds is 9. The number of carbonyl (C=O) groups is 1. The lowest BCUT2D eigenvalue weighted by Gasteiger charge is -2.32. The van der Waals surface area contributed by atoms with Crippen molar-refractivity contribution in [3.63, 3.8) is 0 Å². The monoisotopic (exact) mass is 574 g/mol. The number of fused-ring (bicyclic) bond motifs is 2. The molecule has 3 aromatic heterocycles. The molecule has 12 heteroatoms. The minimum absolute atomic E-state index is 0.0169. The number of likely N-dealkylation sites (tertiary alicyclic amines) is 1. The first kappa shape index (κ1) is 26.0. The van der Waals surface area contributed by atoms with Crippen molar-refractivity contribution in [1.29, 1.82) is 5.26 Å². The number of nitriles is 1. The molecule has 2 saturated heterocycles. The first-order valence-electron chi connectivity index (χ1n) is 13.6. The maximum absolute atomic E-state index is 14.3. The van der Waals surface area contributed by atoms with Crippen LogP contribution in [-0.2, 0) is 29.8 Å². The molecule has 4 aromatic rings. The van der Waals surface area contributed by atoms with E-state index in [0.717, 1.165) is 66.6 Å². The fourth-order valence-corrected chi connectivity index (χ4v) is 6.89. The van der Waals surface area contributed by atoms with Gasteiger partial charge in [-0.2, -0.15) is 5.26 Å². The zero-order chi connectivity index (χ0) is 28.1. The predicted octanol–water partition coefficient (Wildman–Crippen LogP) is 4.13. The number of aromatic carboxylic acids is 1. The summed E-state index contributed by atoms with van der Waals surface area (Å²) in [5, 5.41) is 18.4. The molecule has 0 radical (unpaired) electrons. The Bertz CT molecular complexity index is 1690. The van der Waals surface area contributed by atoms with Crippen LogP contribution in [-0.4, -0.2) is 61.3 Å². The molecule has 210 valence electrons. The highest BCUT2D eigenvalue weighted by Crippen LogP contribution is 2.59. The predicted molar refractivity (Wildman–Crippen MR) is 146 cm³/mol. The summed E-state index contributed by atoms with van der Waals surface area (Å²) in [6, 6.07) is 12.1. The van der Waals surface area contributed by atoms with E-state index >= 15 is 0 Å². The topological polar surface area (TPSA) is 126 Å². The van der Waals surface area contributed by atoms with Gasteiger partial charge in [0.05, 0.1) is 36.5 Å². The molecule has 7 rings (SSSR count). The molecule has 0 bridgehead atoms. The van der Waals surface area contributed by atoms with E-state index in [2.05, 4.69) is 20.5 Å². The number of benzene rings is 1. The third-order valence-electron chi connectivity index (χ3n) is 8.49. The van der Waals surface area contributed by atoms with Crippen molar-refractivity contribution in [2.45, 2.75) is 50.5 Å². The van der Waals surface area contributed by atoms with Crippen molar-refractivity contribution in [3.05, 3.63) is 69.9 Å². The van der Waals surface area contributed by atoms with E-state index in [9.17, 15) is 14.3 Å². The van der Waals surface area contributed by atoms with Crippen molar-refractivity contribution < 1.29 is 23.8 Å². The summed E-state index contributed by atoms with van der Waals surface area (Å²) < 4.78 is 27.9. The van der Waals surface area contributed by atoms with Gasteiger partial charge in [-0.3, -0.25) is 4.90 Å². The first-order valence-corrected chi connectivity index (χ1v) is 14.5. The highest BCUT2D eigenvalue weighted by atomic mass is 32.1. The Labute approximate surface area is 239 Å². The van der Waals surface area contributed by atoms with Crippen LogP contribution >= 0.6 is 11.3 Å². The molecule has 10 nitrogen and oxygen atoms in total. The van der Waals surface area contributed by atoms with E-state index in [0.29, 0.717) is 36.1 Å². The zero-order valence-electron chi connectivity index (χ0n) is 22.1. The van der Waals surface area contributed by atoms with Gasteiger partial charge < -0.3 is 19.1 Å². The number of halogens is 1. The smallest absolute Gasteiger partial charge is 0.365 e. The van der Waals surface area contributed by atoms with Crippen LogP contribution in [0.3, 0.4) is 0 Å². The summed E-state index contributed by atoms with van der Waals surface area (Å²) in [4.78, 5) is 28.4. The van der Waals surface area contributed by atoms with Crippen LogP contribution in [0.25, 0.3) is 10.5 Å². The van der Waals surface area contributed by atoms with Crippen LogP contribution in [0.1, 0.15) is 51.7 Å². The van der Waals surface area contributed by atoms with Crippen LogP contribution in [0.5, 0.6) is 5.88 Å². The number of imidazole rings is 1. The average molecular weight is 575 g/mol. The Morgan fingerprint density at radius 3 is 2.90 bits per heavy atom. The molecule has 2 aliphatic heterocycles. The summed E-state index contributed by atoms with van der Waals surface area (Å²) in [7, 11) is 0. The summed E-state index contributed by atoms with van der Waals surface area (Å²) in [5.74, 6) is 0.315. The van der Waals surface area contributed by atoms with Crippen molar-refractivity contribution in [2.75, 3.05) is 19.7 Å². The van der Waals surface area contributed by atoms with Crippen LogP contribution < -0.4 is 4.74 Å². The lowest BCUT2D eigenvalue weighted by atomic mass is 9.91. The molecule has 0 unspecified atom stereocenters. The lowest BCUT2D eigenvalue weighted by molar-refractivity contribution is -0.0591. The Balaban J connectivity index is 1.03. The van der Waals surface area contributed by atoms with Crippen molar-refractivity contribution in [2.24, 2.45) is 5.92 Å². The molecule has 5 heterocycles. The summed E-state index contributed by atoms with van der Waals surface area (Å²) in [5.41, 5.74) is 2.17. The highest BCUT2D eigenvalue weighted by Gasteiger charge is 2.58. The quantitative estimate of drug-likeness (QED) is 0.314. The average Bonchev–Trinajstić information content (AvgIpc) is 3.40. The van der Waals surface area contributed by atoms with Gasteiger partial charge in [-0.1, -0.05) is 23.5 Å². The maximum atomic E-state index is 14.3. The molecule has 1 saturated carbocycles. The van der Waals surface area contributed by atoms with E-state index < -0.39 is 11.8 Å². The maximum Gasteiger partial charge on any atom is 0.365 e. The standard InChI is InChI=1S/C29H27FN6O4S/c30-21-10-17(12-31)4-5-18(21)16-40-24-3-1-2-22(32-24)29-7-8-35(13-19(29)11-29)15-23-33-25-27(41-26(34-25)28(37)38)36(23)14-20-6-9-39-20/h1-5,10,19-20H,6-9,11,13-16H2,(H,37,38)/t19-,20+,29+/m1/s1. The van der Waals surface area contributed by atoms with Gasteiger partial charge in [-0.15, -0.1) is 0 Å². The number of pyridine rings is 1. The van der Waals surface area contributed by atoms with Crippen LogP contribution in [0.2, 0.25) is 0 Å². The van der Waals surface area contributed by atoms with Crippen molar-refractivity contribution >= 4 is 27.8 Å². The van der Waals surface area contributed by atoms with E-state index in [4.69, 9.17) is 24.7 Å². The van der Waals surface area contributed by atoms with Crippen molar-refractivity contribution in [1.82, 2.24) is 24.4 Å². The Kier molecular flexibility index (Phi) is 6.45. The third kappa shape index (κ3) is 4.84. The van der Waals surface area contributed by atoms with Gasteiger partial charge in [-0.25, -0.2) is 24.1 Å². The second-order valence-electron chi connectivity index (χ2n) is 11.0. The first-order chi connectivity index (χ1) is 19.9. The van der Waals surface area contributed by atoms with Gasteiger partial charge in [0, 0.05) is 30.2 Å². The van der Waals surface area contributed by atoms with Gasteiger partial charge in [-0.05, 0) is 49.9 Å². The molecule has 3 atom stereocenters. The normalized spacial score (nSPS) is 23.5. The van der Waals surface area contributed by atoms with Gasteiger partial charge in [0.25, 0.3) is 0 Å². The van der Waals surface area contributed by atoms with Gasteiger partial charge in [0.2, 0.25) is 10.9 Å². The van der Waals surface area contributed by atoms with Gasteiger partial charge in [0.15, 0.2) is 5.65 Å². The Morgan fingerprint density at radius 2 is 2.17 bits per heavy atom. The Morgan fingerprint density at radius 1 is 1.29 bits per heavy atom. The molecular formula is C29H27FN6O4S. The molecule has 3 fully saturated rings. The minimum atomic E-state index is -1.04. The zero-order valence-corrected chi connectivity index (χ0v) is 22.9. The number of ether oxygens (including phenoxy) is 2. The van der Waals surface area contributed by atoms with E-state index in [1.54, 1.807) is 18.2 Å². The number of hydrogen-bond acceptors (Lipinski definition) is 9. The lowest BCUT2D eigenvalue weighted by Crippen LogP contribution is -2.37. The highest BCUT2D eigenvalue weighted by molar-refractivity contribution is 7.19. The fourth-order valence-electron chi connectivity index (χ4n) is 6.02. The molecule has 1 aromatic carbocycles. The molecular weight excluding hydrogens is 547 g/mol. The second kappa shape index (κ2) is 10.2. The molecule has 0 amide bonds. The molecule has 41 heavy (non-hydrogen) atoms. The SMILES string of the molecule is N#Cc1ccc(COc2cccc([C@]34CCN(Cc5nc6nc(C(=O)O)sc6n5C[C@@H]5CCO5)C[C@H]3C4)n2)c(F)c1. The van der Waals surface area contributed by atoms with Crippen molar-refractivity contribution in [3.8, 4) is 11.9 Å². The number of carboxylic acid groups (broad SMARTS) is 1. The number of piperidine rings is 1. The fraction of sp³-hybridized carbons (Fsp3) is 0.414. The van der Waals surface area contributed by atoms with E-state index in [1.807, 2.05) is 12.1 Å². The van der Waals surface area contributed by atoms with Gasteiger partial charge >= 0.3 is 5.97 Å². The Hall–Kier alpha value is -3.92.